The first-order valence-corrected chi connectivity index (χ1v) is 6.53. The SMILES string of the molecule is O=Cc1c(-c2ccc(Cl)s2)nc2sccn12. The Labute approximate surface area is 104 Å². The largest absolute Gasteiger partial charge is 0.296 e. The van der Waals surface area contributed by atoms with Crippen molar-refractivity contribution >= 4 is 45.5 Å². The Morgan fingerprint density at radius 3 is 3.00 bits per heavy atom. The molecule has 0 bridgehead atoms. The Morgan fingerprint density at radius 2 is 2.31 bits per heavy atom. The number of imidazole rings is 1. The van der Waals surface area contributed by atoms with Gasteiger partial charge in [-0.25, -0.2) is 4.98 Å². The van der Waals surface area contributed by atoms with Gasteiger partial charge in [0, 0.05) is 11.6 Å². The molecule has 0 N–H and O–H groups in total. The number of hydrogen-bond acceptors (Lipinski definition) is 4. The Bertz CT molecular complexity index is 667. The zero-order chi connectivity index (χ0) is 11.1. The molecule has 3 heterocycles. The molecule has 0 amide bonds. The number of aldehydes is 1. The minimum absolute atomic E-state index is 0.578. The van der Waals surface area contributed by atoms with Crippen molar-refractivity contribution in [2.75, 3.05) is 0 Å². The standard InChI is InChI=1S/C10H5ClN2OS2/c11-8-2-1-7(16-8)9-6(5-14)13-3-4-15-10(13)12-9/h1-5H. The fourth-order valence-corrected chi connectivity index (χ4v) is 3.30. The van der Waals surface area contributed by atoms with Crippen molar-refractivity contribution in [3.8, 4) is 10.6 Å². The average molecular weight is 269 g/mol. The van der Waals surface area contributed by atoms with Crippen molar-refractivity contribution in [2.24, 2.45) is 0 Å². The second-order valence-corrected chi connectivity index (χ2v) is 5.71. The van der Waals surface area contributed by atoms with Gasteiger partial charge in [-0.05, 0) is 12.1 Å². The van der Waals surface area contributed by atoms with Gasteiger partial charge in [-0.1, -0.05) is 11.6 Å². The van der Waals surface area contributed by atoms with E-state index in [2.05, 4.69) is 4.98 Å². The summed E-state index contributed by atoms with van der Waals surface area (Å²) in [5, 5.41) is 1.90. The Kier molecular flexibility index (Phi) is 2.31. The van der Waals surface area contributed by atoms with E-state index < -0.39 is 0 Å². The normalized spacial score (nSPS) is 11.1. The van der Waals surface area contributed by atoms with Gasteiger partial charge in [-0.2, -0.15) is 0 Å². The van der Waals surface area contributed by atoms with Crippen molar-refractivity contribution in [3.05, 3.63) is 33.7 Å². The molecule has 0 aromatic carbocycles. The molecule has 3 aromatic heterocycles. The van der Waals surface area contributed by atoms with Crippen LogP contribution in [0.15, 0.2) is 23.7 Å². The smallest absolute Gasteiger partial charge is 0.194 e. The molecule has 0 saturated carbocycles. The summed E-state index contributed by atoms with van der Waals surface area (Å²) in [7, 11) is 0. The van der Waals surface area contributed by atoms with Gasteiger partial charge < -0.3 is 0 Å². The van der Waals surface area contributed by atoms with Gasteiger partial charge >= 0.3 is 0 Å². The minimum Gasteiger partial charge on any atom is -0.296 e. The summed E-state index contributed by atoms with van der Waals surface area (Å²) in [6.45, 7) is 0. The molecule has 80 valence electrons. The number of thiophene rings is 1. The van der Waals surface area contributed by atoms with Crippen LogP contribution in [0.3, 0.4) is 0 Å². The number of aromatic nitrogens is 2. The highest BCUT2D eigenvalue weighted by molar-refractivity contribution is 7.19. The van der Waals surface area contributed by atoms with E-state index in [0.29, 0.717) is 15.7 Å². The van der Waals surface area contributed by atoms with Crippen LogP contribution in [0.25, 0.3) is 15.5 Å². The number of nitrogens with zero attached hydrogens (tertiary/aromatic N) is 2. The summed E-state index contributed by atoms with van der Waals surface area (Å²) >= 11 is 8.80. The topological polar surface area (TPSA) is 34.4 Å². The molecule has 0 aliphatic rings. The first-order chi connectivity index (χ1) is 7.79. The summed E-state index contributed by atoms with van der Waals surface area (Å²) in [6.07, 6.45) is 2.67. The van der Waals surface area contributed by atoms with Crippen molar-refractivity contribution in [2.45, 2.75) is 0 Å². The molecular weight excluding hydrogens is 264 g/mol. The summed E-state index contributed by atoms with van der Waals surface area (Å²) in [6, 6.07) is 3.69. The second kappa shape index (κ2) is 3.69. The third kappa shape index (κ3) is 1.40. The van der Waals surface area contributed by atoms with E-state index in [1.807, 2.05) is 23.7 Å². The van der Waals surface area contributed by atoms with E-state index in [1.165, 1.54) is 22.7 Å². The molecule has 16 heavy (non-hydrogen) atoms. The Hall–Kier alpha value is -1.17. The third-order valence-electron chi connectivity index (χ3n) is 2.22. The van der Waals surface area contributed by atoms with Crippen molar-refractivity contribution < 1.29 is 4.79 Å². The molecule has 3 nitrogen and oxygen atoms in total. The number of carbonyl (C=O) groups excluding carboxylic acids is 1. The van der Waals surface area contributed by atoms with Crippen LogP contribution in [0.2, 0.25) is 4.34 Å². The molecule has 0 unspecified atom stereocenters. The van der Waals surface area contributed by atoms with Gasteiger partial charge in [0.05, 0.1) is 9.21 Å². The lowest BCUT2D eigenvalue weighted by Gasteiger charge is -1.92. The van der Waals surface area contributed by atoms with E-state index in [0.717, 1.165) is 16.1 Å². The van der Waals surface area contributed by atoms with Crippen LogP contribution in [-0.2, 0) is 0 Å². The van der Waals surface area contributed by atoms with E-state index in [1.54, 1.807) is 4.40 Å². The number of halogens is 1. The minimum atomic E-state index is 0.578. The lowest BCUT2D eigenvalue weighted by molar-refractivity contribution is 0.111. The summed E-state index contributed by atoms with van der Waals surface area (Å²) in [5.41, 5.74) is 1.29. The molecule has 0 aliphatic heterocycles. The number of hydrogen-bond donors (Lipinski definition) is 0. The predicted octanol–water partition coefficient (Wildman–Crippen LogP) is 3.59. The zero-order valence-electron chi connectivity index (χ0n) is 7.88. The van der Waals surface area contributed by atoms with Crippen molar-refractivity contribution in [1.82, 2.24) is 9.38 Å². The summed E-state index contributed by atoms with van der Waals surface area (Å²) in [5.74, 6) is 0. The molecule has 6 heteroatoms. The van der Waals surface area contributed by atoms with E-state index in [9.17, 15) is 4.79 Å². The first-order valence-electron chi connectivity index (χ1n) is 4.46. The molecule has 0 spiro atoms. The maximum atomic E-state index is 11.1. The highest BCUT2D eigenvalue weighted by Crippen LogP contribution is 2.33. The third-order valence-corrected chi connectivity index (χ3v) is 4.21. The molecule has 0 atom stereocenters. The lowest BCUT2D eigenvalue weighted by atomic mass is 10.3. The van der Waals surface area contributed by atoms with E-state index in [4.69, 9.17) is 11.6 Å². The van der Waals surface area contributed by atoms with Gasteiger partial charge in [0.15, 0.2) is 11.2 Å². The van der Waals surface area contributed by atoms with Crippen LogP contribution in [0.4, 0.5) is 0 Å². The van der Waals surface area contributed by atoms with E-state index >= 15 is 0 Å². The van der Waals surface area contributed by atoms with Crippen molar-refractivity contribution in [3.63, 3.8) is 0 Å². The number of carbonyl (C=O) groups is 1. The van der Waals surface area contributed by atoms with Gasteiger partial charge in [-0.3, -0.25) is 9.20 Å². The molecule has 0 aliphatic carbocycles. The van der Waals surface area contributed by atoms with Crippen LogP contribution >= 0.6 is 34.3 Å². The molecule has 0 fully saturated rings. The Morgan fingerprint density at radius 1 is 1.44 bits per heavy atom. The second-order valence-electron chi connectivity index (χ2n) is 3.12. The first kappa shape index (κ1) is 10.0. The fraction of sp³-hybridized carbons (Fsp3) is 0. The van der Waals surface area contributed by atoms with Crippen LogP contribution in [0, 0.1) is 0 Å². The molecular formula is C10H5ClN2OS2. The number of thiazole rings is 1. The predicted molar refractivity (Wildman–Crippen MR) is 66.8 cm³/mol. The van der Waals surface area contributed by atoms with Gasteiger partial charge in [0.25, 0.3) is 0 Å². The Balaban J connectivity index is 2.30. The van der Waals surface area contributed by atoms with Crippen LogP contribution < -0.4 is 0 Å². The number of rotatable bonds is 2. The zero-order valence-corrected chi connectivity index (χ0v) is 10.3. The van der Waals surface area contributed by atoms with Gasteiger partial charge in [-0.15, -0.1) is 22.7 Å². The van der Waals surface area contributed by atoms with Crippen LogP contribution in [0.1, 0.15) is 10.5 Å². The van der Waals surface area contributed by atoms with Gasteiger partial charge in [0.1, 0.15) is 11.4 Å². The lowest BCUT2D eigenvalue weighted by Crippen LogP contribution is -1.88. The summed E-state index contributed by atoms with van der Waals surface area (Å²) < 4.78 is 2.49. The summed E-state index contributed by atoms with van der Waals surface area (Å²) in [4.78, 5) is 17.3. The van der Waals surface area contributed by atoms with Crippen LogP contribution in [-0.4, -0.2) is 15.7 Å². The maximum absolute atomic E-state index is 11.1. The fourth-order valence-electron chi connectivity index (χ4n) is 1.54. The monoisotopic (exact) mass is 268 g/mol. The molecule has 0 radical (unpaired) electrons. The molecule has 3 aromatic rings. The quantitative estimate of drug-likeness (QED) is 0.666. The number of fused-ring (bicyclic) bond motifs is 1. The van der Waals surface area contributed by atoms with Crippen LogP contribution in [0.5, 0.6) is 0 Å². The van der Waals surface area contributed by atoms with E-state index in [-0.39, 0.29) is 0 Å². The highest BCUT2D eigenvalue weighted by Gasteiger charge is 2.15. The molecule has 0 saturated heterocycles. The van der Waals surface area contributed by atoms with Gasteiger partial charge in [0.2, 0.25) is 0 Å². The highest BCUT2D eigenvalue weighted by atomic mass is 35.5. The van der Waals surface area contributed by atoms with Crippen molar-refractivity contribution in [1.29, 1.82) is 0 Å². The maximum Gasteiger partial charge on any atom is 0.194 e. The average Bonchev–Trinajstić information content (AvgIpc) is 2.90. The molecule has 3 rings (SSSR count).